The van der Waals surface area contributed by atoms with Gasteiger partial charge in [0.15, 0.2) is 0 Å². The minimum absolute atomic E-state index is 0.269. The predicted molar refractivity (Wildman–Crippen MR) is 136 cm³/mol. The largest absolute Gasteiger partial charge is 0.480 e. The molecule has 2 amide bonds. The summed E-state index contributed by atoms with van der Waals surface area (Å²) in [6.07, 6.45) is 3.42. The molecule has 14 N–H and O–H groups in total. The number of carbonyl (C=O) groups is 5. The van der Waals surface area contributed by atoms with Crippen molar-refractivity contribution < 1.29 is 44.4 Å². The van der Waals surface area contributed by atoms with Gasteiger partial charge in [0.2, 0.25) is 0 Å². The fourth-order valence-corrected chi connectivity index (χ4v) is 4.49. The lowest BCUT2D eigenvalue weighted by Crippen LogP contribution is -2.33. The van der Waals surface area contributed by atoms with Crippen LogP contribution in [0, 0.1) is 0 Å². The summed E-state index contributed by atoms with van der Waals surface area (Å²) in [6.45, 7) is 1.22. The lowest BCUT2D eigenvalue weighted by atomic mass is 10.2. The molecule has 1 rings (SSSR count). The van der Waals surface area contributed by atoms with Gasteiger partial charge in [-0.2, -0.15) is 0 Å². The Bertz CT molecular complexity index is 660. The van der Waals surface area contributed by atoms with E-state index >= 15 is 0 Å². The van der Waals surface area contributed by atoms with Gasteiger partial charge in [-0.1, -0.05) is 21.6 Å². The van der Waals surface area contributed by atoms with E-state index in [0.29, 0.717) is 43.7 Å². The number of nitrogens with two attached hydrogens (primary N) is 4. The van der Waals surface area contributed by atoms with E-state index in [1.54, 1.807) is 0 Å². The third kappa shape index (κ3) is 22.2. The first kappa shape index (κ1) is 35.8. The first-order chi connectivity index (χ1) is 16.8. The van der Waals surface area contributed by atoms with Crippen LogP contribution in [0.4, 0.5) is 4.79 Å². The molecule has 3 unspecified atom stereocenters. The fourth-order valence-electron chi connectivity index (χ4n) is 2.27. The van der Waals surface area contributed by atoms with Crippen LogP contribution in [0.2, 0.25) is 0 Å². The molecule has 0 aromatic rings. The van der Waals surface area contributed by atoms with Gasteiger partial charge < -0.3 is 54.0 Å². The van der Waals surface area contributed by atoms with Crippen LogP contribution in [0.1, 0.15) is 38.5 Å². The highest BCUT2D eigenvalue weighted by Crippen LogP contribution is 2.23. The van der Waals surface area contributed by atoms with E-state index in [1.165, 1.54) is 21.6 Å². The molecule has 0 radical (unpaired) electrons. The van der Waals surface area contributed by atoms with Gasteiger partial charge in [0, 0.05) is 18.1 Å². The van der Waals surface area contributed by atoms with Crippen molar-refractivity contribution >= 4 is 51.5 Å². The summed E-state index contributed by atoms with van der Waals surface area (Å²) in [4.78, 5) is 51.2. The van der Waals surface area contributed by atoms with Crippen molar-refractivity contribution in [1.29, 1.82) is 0 Å². The number of amides is 2. The minimum atomic E-state index is -1.03. The molecular formula is C19H38N6O9S2. The van der Waals surface area contributed by atoms with E-state index in [2.05, 4.69) is 10.6 Å². The predicted octanol–water partition coefficient (Wildman–Crippen LogP) is -1.36. The Morgan fingerprint density at radius 1 is 0.833 bits per heavy atom. The second-order valence-corrected chi connectivity index (χ2v) is 10.2. The zero-order valence-electron chi connectivity index (χ0n) is 19.8. The molecule has 1 heterocycles. The number of urea groups is 1. The summed E-state index contributed by atoms with van der Waals surface area (Å²) in [5.41, 5.74) is 20.6. The normalized spacial score (nSPS) is 16.7. The number of carboxylic acids is 4. The molecule has 1 aliphatic rings. The van der Waals surface area contributed by atoms with Crippen LogP contribution in [0.3, 0.4) is 0 Å². The number of primary amides is 1. The van der Waals surface area contributed by atoms with Gasteiger partial charge in [-0.25, -0.2) is 4.79 Å². The van der Waals surface area contributed by atoms with Crippen molar-refractivity contribution in [2.75, 3.05) is 24.6 Å². The number of nitrogens with one attached hydrogen (secondary N) is 2. The Kier molecular flexibility index (Phi) is 21.8. The summed E-state index contributed by atoms with van der Waals surface area (Å²) >= 11 is 0. The van der Waals surface area contributed by atoms with E-state index < -0.39 is 48.0 Å². The first-order valence-electron chi connectivity index (χ1n) is 11.0. The summed E-state index contributed by atoms with van der Waals surface area (Å²) in [5, 5.41) is 38.9. The van der Waals surface area contributed by atoms with Crippen LogP contribution in [-0.2, 0) is 19.2 Å². The monoisotopic (exact) mass is 558 g/mol. The highest BCUT2D eigenvalue weighted by atomic mass is 33.1. The van der Waals surface area contributed by atoms with Crippen LogP contribution in [0.15, 0.2) is 0 Å². The maximum Gasteiger partial charge on any atom is 0.320 e. The molecular weight excluding hydrogens is 520 g/mol. The van der Waals surface area contributed by atoms with Gasteiger partial charge in [-0.15, -0.1) is 0 Å². The minimum Gasteiger partial charge on any atom is -0.480 e. The topological polar surface area (TPSA) is 294 Å². The third-order valence-electron chi connectivity index (χ3n) is 4.41. The van der Waals surface area contributed by atoms with Gasteiger partial charge in [-0.3, -0.25) is 19.2 Å². The Labute approximate surface area is 216 Å². The molecule has 0 aromatic carbocycles. The molecule has 17 heteroatoms. The van der Waals surface area contributed by atoms with Crippen LogP contribution in [0.5, 0.6) is 0 Å². The fraction of sp³-hybridized carbons (Fsp3) is 0.737. The second-order valence-electron chi connectivity index (χ2n) is 7.48. The molecule has 36 heavy (non-hydrogen) atoms. The van der Waals surface area contributed by atoms with E-state index in [-0.39, 0.29) is 6.04 Å². The van der Waals surface area contributed by atoms with Crippen molar-refractivity contribution in [1.82, 2.24) is 10.6 Å². The molecule has 1 saturated heterocycles. The summed E-state index contributed by atoms with van der Waals surface area (Å²) in [7, 11) is 2.96. The van der Waals surface area contributed by atoms with Crippen molar-refractivity contribution in [3.63, 3.8) is 0 Å². The van der Waals surface area contributed by atoms with E-state index in [4.69, 9.17) is 43.4 Å². The van der Waals surface area contributed by atoms with Crippen LogP contribution >= 0.6 is 21.6 Å². The molecule has 0 aromatic heterocycles. The highest BCUT2D eigenvalue weighted by Gasteiger charge is 2.20. The van der Waals surface area contributed by atoms with E-state index in [0.717, 1.165) is 19.4 Å². The summed E-state index contributed by atoms with van der Waals surface area (Å²) in [5.74, 6) is -2.51. The van der Waals surface area contributed by atoms with Crippen LogP contribution in [-0.4, -0.2) is 99.1 Å². The summed E-state index contributed by atoms with van der Waals surface area (Å²) < 4.78 is 0. The lowest BCUT2D eigenvalue weighted by Gasteiger charge is -2.06. The molecule has 0 spiro atoms. The Hall–Kier alpha value is -2.31. The molecule has 15 nitrogen and oxygen atoms in total. The standard InChI is InChI=1S/C8H16N2O4S2.C6H13N3O3.C5H9NO2/c9-5(7(11)12)1-3-15-16-4-2-6(10)8(13)14;7-4(5(10)11)2-1-3-9-6(8)12;7-5(8)4-2-1-3-6-4/h5-6H,1-4,9-10H2,(H,11,12)(H,13,14);4H,1-3,7H2,(H,10,11)(H3,8,9,12);4,6H,1-3H2,(H,7,8)/t;;4-/m..0/s1. The van der Waals surface area contributed by atoms with Crippen molar-refractivity contribution in [3.8, 4) is 0 Å². The molecule has 0 bridgehead atoms. The average molecular weight is 559 g/mol. The zero-order chi connectivity index (χ0) is 28.1. The average Bonchev–Trinajstić information content (AvgIpc) is 3.34. The number of aliphatic carboxylic acids is 4. The third-order valence-corrected chi connectivity index (χ3v) is 6.88. The van der Waals surface area contributed by atoms with Crippen LogP contribution in [0.25, 0.3) is 0 Å². The maximum absolute atomic E-state index is 10.4. The molecule has 0 saturated carbocycles. The Morgan fingerprint density at radius 2 is 1.28 bits per heavy atom. The zero-order valence-corrected chi connectivity index (χ0v) is 21.5. The SMILES string of the molecule is NC(=O)NCCCC(N)C(=O)O.NC(CCSSCCC(N)C(=O)O)C(=O)O.O=C(O)[C@@H]1CCCN1. The van der Waals surface area contributed by atoms with Gasteiger partial charge in [0.25, 0.3) is 0 Å². The van der Waals surface area contributed by atoms with Gasteiger partial charge in [-0.05, 0) is 45.1 Å². The molecule has 0 aliphatic carbocycles. The molecule has 1 aliphatic heterocycles. The number of rotatable bonds is 15. The Morgan fingerprint density at radius 3 is 1.58 bits per heavy atom. The number of carbonyl (C=O) groups excluding carboxylic acids is 1. The second kappa shape index (κ2) is 21.9. The first-order valence-corrected chi connectivity index (χ1v) is 13.5. The number of hydrogen-bond donors (Lipinski definition) is 10. The van der Waals surface area contributed by atoms with E-state index in [1.807, 2.05) is 0 Å². The van der Waals surface area contributed by atoms with Crippen molar-refractivity contribution in [2.45, 2.75) is 62.7 Å². The van der Waals surface area contributed by atoms with Crippen LogP contribution < -0.4 is 33.6 Å². The van der Waals surface area contributed by atoms with Gasteiger partial charge in [0.05, 0.1) is 0 Å². The number of hydrogen-bond acceptors (Lipinski definition) is 11. The quantitative estimate of drug-likeness (QED) is 0.0819. The summed E-state index contributed by atoms with van der Waals surface area (Å²) in [6, 6.07) is -3.39. The van der Waals surface area contributed by atoms with Gasteiger partial charge >= 0.3 is 29.9 Å². The number of carboxylic acid groups (broad SMARTS) is 4. The molecule has 4 atom stereocenters. The van der Waals surface area contributed by atoms with Crippen molar-refractivity contribution in [3.05, 3.63) is 0 Å². The van der Waals surface area contributed by atoms with E-state index in [9.17, 15) is 24.0 Å². The highest BCUT2D eigenvalue weighted by molar-refractivity contribution is 8.76. The van der Waals surface area contributed by atoms with Gasteiger partial charge in [0.1, 0.15) is 24.2 Å². The maximum atomic E-state index is 10.4. The smallest absolute Gasteiger partial charge is 0.320 e. The van der Waals surface area contributed by atoms with Crippen molar-refractivity contribution in [2.24, 2.45) is 22.9 Å². The molecule has 210 valence electrons. The molecule has 1 fully saturated rings. The Balaban J connectivity index is 0. The lowest BCUT2D eigenvalue weighted by molar-refractivity contribution is -0.139.